The molecule has 1 aromatic heterocycles. The molecule has 92 valence electrons. The minimum atomic E-state index is -1.04. The van der Waals surface area contributed by atoms with Gasteiger partial charge in [-0.1, -0.05) is 13.3 Å². The Balaban J connectivity index is 3.13. The van der Waals surface area contributed by atoms with Crippen LogP contribution in [-0.4, -0.2) is 20.3 Å². The maximum absolute atomic E-state index is 11.5. The number of nitrogens with zero attached hydrogens (tertiary/aromatic N) is 2. The second kappa shape index (κ2) is 4.97. The summed E-state index contributed by atoms with van der Waals surface area (Å²) >= 11 is 0. The van der Waals surface area contributed by atoms with Crippen LogP contribution in [0.1, 0.15) is 32.3 Å². The van der Waals surface area contributed by atoms with E-state index in [-0.39, 0.29) is 12.1 Å². The SMILES string of the molecule is CCCC(C)(O)Cn1cc(C#N)c(=O)[nH]c1=O. The fourth-order valence-electron chi connectivity index (χ4n) is 1.69. The molecular formula is C11H15N3O3. The molecule has 6 nitrogen and oxygen atoms in total. The van der Waals surface area contributed by atoms with E-state index in [4.69, 9.17) is 5.26 Å². The van der Waals surface area contributed by atoms with E-state index >= 15 is 0 Å². The van der Waals surface area contributed by atoms with Crippen molar-refractivity contribution in [2.45, 2.75) is 38.8 Å². The van der Waals surface area contributed by atoms with Gasteiger partial charge in [0.2, 0.25) is 0 Å². The Morgan fingerprint density at radius 2 is 2.24 bits per heavy atom. The van der Waals surface area contributed by atoms with Crippen LogP contribution in [0, 0.1) is 11.3 Å². The minimum absolute atomic E-state index is 0.0468. The zero-order chi connectivity index (χ0) is 13.1. The van der Waals surface area contributed by atoms with E-state index in [9.17, 15) is 14.7 Å². The lowest BCUT2D eigenvalue weighted by Crippen LogP contribution is -2.38. The van der Waals surface area contributed by atoms with Crippen LogP contribution in [0.15, 0.2) is 15.8 Å². The van der Waals surface area contributed by atoms with Crippen molar-refractivity contribution in [3.63, 3.8) is 0 Å². The fourth-order valence-corrected chi connectivity index (χ4v) is 1.69. The Morgan fingerprint density at radius 3 is 2.76 bits per heavy atom. The van der Waals surface area contributed by atoms with E-state index < -0.39 is 16.9 Å². The molecule has 0 bridgehead atoms. The van der Waals surface area contributed by atoms with Gasteiger partial charge in [0, 0.05) is 6.20 Å². The highest BCUT2D eigenvalue weighted by molar-refractivity contribution is 5.21. The molecule has 0 aliphatic carbocycles. The summed E-state index contributed by atoms with van der Waals surface area (Å²) in [6, 6.07) is 1.70. The van der Waals surface area contributed by atoms with Gasteiger partial charge in [-0.15, -0.1) is 0 Å². The molecule has 1 rings (SSSR count). The molecule has 0 aromatic carbocycles. The molecule has 1 atom stereocenters. The maximum atomic E-state index is 11.5. The number of hydrogen-bond acceptors (Lipinski definition) is 4. The Labute approximate surface area is 98.1 Å². The van der Waals surface area contributed by atoms with Crippen LogP contribution in [0.25, 0.3) is 0 Å². The molecule has 6 heteroatoms. The standard InChI is InChI=1S/C11H15N3O3/c1-3-4-11(2,17)7-14-6-8(5-12)9(15)13-10(14)16/h6,17H,3-4,7H2,1-2H3,(H,13,15,16). The van der Waals surface area contributed by atoms with Gasteiger partial charge < -0.3 is 5.11 Å². The van der Waals surface area contributed by atoms with Gasteiger partial charge in [-0.3, -0.25) is 14.3 Å². The van der Waals surface area contributed by atoms with E-state index in [1.165, 1.54) is 6.20 Å². The summed E-state index contributed by atoms with van der Waals surface area (Å²) in [6.45, 7) is 3.58. The van der Waals surface area contributed by atoms with E-state index in [2.05, 4.69) is 0 Å². The van der Waals surface area contributed by atoms with Gasteiger partial charge in [-0.05, 0) is 13.3 Å². The van der Waals surface area contributed by atoms with Gasteiger partial charge in [0.25, 0.3) is 5.56 Å². The summed E-state index contributed by atoms with van der Waals surface area (Å²) in [5, 5.41) is 18.7. The van der Waals surface area contributed by atoms with Crippen molar-refractivity contribution >= 4 is 0 Å². The number of nitriles is 1. The van der Waals surface area contributed by atoms with Crippen LogP contribution in [0.4, 0.5) is 0 Å². The van der Waals surface area contributed by atoms with Crippen LogP contribution < -0.4 is 11.2 Å². The first-order valence-electron chi connectivity index (χ1n) is 5.36. The molecule has 0 aliphatic heterocycles. The van der Waals surface area contributed by atoms with Crippen LogP contribution in [0.5, 0.6) is 0 Å². The van der Waals surface area contributed by atoms with Gasteiger partial charge in [0.1, 0.15) is 11.6 Å². The van der Waals surface area contributed by atoms with Gasteiger partial charge in [-0.2, -0.15) is 5.26 Å². The zero-order valence-electron chi connectivity index (χ0n) is 9.86. The molecular weight excluding hydrogens is 222 g/mol. The van der Waals surface area contributed by atoms with Gasteiger partial charge >= 0.3 is 5.69 Å². The van der Waals surface area contributed by atoms with Crippen molar-refractivity contribution in [1.29, 1.82) is 5.26 Å². The van der Waals surface area contributed by atoms with Gasteiger partial charge in [0.15, 0.2) is 0 Å². The fraction of sp³-hybridized carbons (Fsp3) is 0.545. The van der Waals surface area contributed by atoms with E-state index in [0.29, 0.717) is 6.42 Å². The van der Waals surface area contributed by atoms with Crippen molar-refractivity contribution < 1.29 is 5.11 Å². The first kappa shape index (κ1) is 13.2. The Bertz CT molecular complexity index is 548. The van der Waals surface area contributed by atoms with Crippen molar-refractivity contribution in [2.24, 2.45) is 0 Å². The molecule has 0 aliphatic rings. The van der Waals surface area contributed by atoms with Crippen molar-refractivity contribution in [3.05, 3.63) is 32.6 Å². The maximum Gasteiger partial charge on any atom is 0.328 e. The minimum Gasteiger partial charge on any atom is -0.388 e. The third-order valence-corrected chi connectivity index (χ3v) is 2.43. The number of aromatic nitrogens is 2. The highest BCUT2D eigenvalue weighted by Crippen LogP contribution is 2.13. The Hall–Kier alpha value is -1.87. The van der Waals surface area contributed by atoms with Crippen molar-refractivity contribution in [3.8, 4) is 6.07 Å². The molecule has 0 spiro atoms. The average Bonchev–Trinajstić information content (AvgIpc) is 2.21. The summed E-state index contributed by atoms with van der Waals surface area (Å²) in [4.78, 5) is 24.7. The summed E-state index contributed by atoms with van der Waals surface area (Å²) in [6.07, 6.45) is 2.47. The largest absolute Gasteiger partial charge is 0.388 e. The molecule has 0 amide bonds. The number of rotatable bonds is 4. The van der Waals surface area contributed by atoms with Crippen LogP contribution in [-0.2, 0) is 6.54 Å². The third-order valence-electron chi connectivity index (χ3n) is 2.43. The first-order valence-corrected chi connectivity index (χ1v) is 5.36. The molecule has 0 saturated carbocycles. The van der Waals surface area contributed by atoms with Gasteiger partial charge in [-0.25, -0.2) is 4.79 Å². The van der Waals surface area contributed by atoms with Crippen LogP contribution in [0.3, 0.4) is 0 Å². The smallest absolute Gasteiger partial charge is 0.328 e. The first-order chi connectivity index (χ1) is 7.89. The highest BCUT2D eigenvalue weighted by atomic mass is 16.3. The number of nitrogens with one attached hydrogen (secondary N) is 1. The molecule has 0 fully saturated rings. The van der Waals surface area contributed by atoms with Crippen molar-refractivity contribution in [1.82, 2.24) is 9.55 Å². The Morgan fingerprint density at radius 1 is 1.59 bits per heavy atom. The zero-order valence-corrected chi connectivity index (χ0v) is 9.86. The number of hydrogen-bond donors (Lipinski definition) is 2. The van der Waals surface area contributed by atoms with Crippen molar-refractivity contribution in [2.75, 3.05) is 0 Å². The summed E-state index contributed by atoms with van der Waals surface area (Å²) in [5.41, 5.74) is -2.50. The normalized spacial score (nSPS) is 14.0. The van der Waals surface area contributed by atoms with E-state index in [0.717, 1.165) is 11.0 Å². The molecule has 0 saturated heterocycles. The predicted molar refractivity (Wildman–Crippen MR) is 61.6 cm³/mol. The Kier molecular flexibility index (Phi) is 3.86. The number of aliphatic hydroxyl groups is 1. The summed E-state index contributed by atoms with van der Waals surface area (Å²) in [5.74, 6) is 0. The predicted octanol–water partition coefficient (Wildman–Crippen LogP) is -0.0406. The summed E-state index contributed by atoms with van der Waals surface area (Å²) in [7, 11) is 0. The molecule has 0 radical (unpaired) electrons. The lowest BCUT2D eigenvalue weighted by atomic mass is 10.0. The van der Waals surface area contributed by atoms with E-state index in [1.807, 2.05) is 11.9 Å². The second-order valence-corrected chi connectivity index (χ2v) is 4.29. The van der Waals surface area contributed by atoms with Gasteiger partial charge in [0.05, 0.1) is 12.1 Å². The lowest BCUT2D eigenvalue weighted by molar-refractivity contribution is 0.0310. The molecule has 1 aromatic rings. The number of H-pyrrole nitrogens is 1. The summed E-state index contributed by atoms with van der Waals surface area (Å²) < 4.78 is 1.15. The molecule has 2 N–H and O–H groups in total. The van der Waals surface area contributed by atoms with E-state index in [1.54, 1.807) is 13.0 Å². The second-order valence-electron chi connectivity index (χ2n) is 4.29. The average molecular weight is 237 g/mol. The third kappa shape index (κ3) is 3.29. The molecule has 1 heterocycles. The van der Waals surface area contributed by atoms with Crippen LogP contribution >= 0.6 is 0 Å². The molecule has 17 heavy (non-hydrogen) atoms. The topological polar surface area (TPSA) is 98.9 Å². The monoisotopic (exact) mass is 237 g/mol. The molecule has 1 unspecified atom stereocenters. The quantitative estimate of drug-likeness (QED) is 0.767. The lowest BCUT2D eigenvalue weighted by Gasteiger charge is -2.23. The van der Waals surface area contributed by atoms with Crippen LogP contribution in [0.2, 0.25) is 0 Å². The highest BCUT2D eigenvalue weighted by Gasteiger charge is 2.20. The number of aromatic amines is 1.